The van der Waals surface area contributed by atoms with Gasteiger partial charge in [-0.3, -0.25) is 4.79 Å². The van der Waals surface area contributed by atoms with E-state index in [0.717, 1.165) is 12.8 Å². The minimum atomic E-state index is -0.0718. The van der Waals surface area contributed by atoms with E-state index in [9.17, 15) is 4.79 Å². The average Bonchev–Trinajstić information content (AvgIpc) is 2.00. The van der Waals surface area contributed by atoms with Crippen LogP contribution in [0.2, 0.25) is 0 Å². The van der Waals surface area contributed by atoms with Gasteiger partial charge in [-0.1, -0.05) is 13.3 Å². The Bertz CT molecular complexity index is 167. The Morgan fingerprint density at radius 2 is 2.27 bits per heavy atom. The molecule has 0 unspecified atom stereocenters. The van der Waals surface area contributed by atoms with Crippen molar-refractivity contribution >= 4 is 17.5 Å². The third kappa shape index (κ3) is 1.61. The monoisotopic (exact) mass is 172 g/mol. The van der Waals surface area contributed by atoms with Crippen LogP contribution in [-0.4, -0.2) is 16.8 Å². The van der Waals surface area contributed by atoms with Gasteiger partial charge in [0.05, 0.1) is 4.75 Å². The molecule has 2 heteroatoms. The fourth-order valence-corrected chi connectivity index (χ4v) is 2.47. The molecule has 0 aromatic heterocycles. The van der Waals surface area contributed by atoms with Crippen LogP contribution in [0.4, 0.5) is 0 Å². The molecule has 0 saturated heterocycles. The summed E-state index contributed by atoms with van der Waals surface area (Å²) in [7, 11) is 0. The zero-order chi connectivity index (χ0) is 8.48. The van der Waals surface area contributed by atoms with Gasteiger partial charge < -0.3 is 0 Å². The third-order valence-electron chi connectivity index (χ3n) is 2.71. The van der Waals surface area contributed by atoms with Crippen molar-refractivity contribution < 1.29 is 4.79 Å². The maximum absolute atomic E-state index is 11.7. The number of hydrogen-bond donors (Lipinski definition) is 0. The molecule has 0 N–H and O–H groups in total. The van der Waals surface area contributed by atoms with Crippen molar-refractivity contribution in [2.45, 2.75) is 37.9 Å². The van der Waals surface area contributed by atoms with Gasteiger partial charge in [0, 0.05) is 5.92 Å². The molecule has 1 rings (SSSR count). The van der Waals surface area contributed by atoms with Gasteiger partial charge in [-0.05, 0) is 26.0 Å². The molecular formula is C9H16OS. The van der Waals surface area contributed by atoms with Crippen molar-refractivity contribution in [3.8, 4) is 0 Å². The maximum atomic E-state index is 11.7. The quantitative estimate of drug-likeness (QED) is 0.604. The summed E-state index contributed by atoms with van der Waals surface area (Å²) in [5.74, 6) is 0.748. The first kappa shape index (κ1) is 9.11. The number of rotatable bonds is 1. The van der Waals surface area contributed by atoms with E-state index in [2.05, 4.69) is 13.8 Å². The van der Waals surface area contributed by atoms with Gasteiger partial charge in [-0.25, -0.2) is 0 Å². The Labute approximate surface area is 72.9 Å². The van der Waals surface area contributed by atoms with Gasteiger partial charge in [0.15, 0.2) is 5.78 Å². The van der Waals surface area contributed by atoms with Crippen LogP contribution in [0.5, 0.6) is 0 Å². The first-order chi connectivity index (χ1) is 5.10. The normalized spacial score (nSPS) is 39.2. The van der Waals surface area contributed by atoms with Crippen LogP contribution in [-0.2, 0) is 4.79 Å². The highest BCUT2D eigenvalue weighted by atomic mass is 32.2. The van der Waals surface area contributed by atoms with Gasteiger partial charge in [-0.15, -0.1) is 0 Å². The van der Waals surface area contributed by atoms with E-state index in [-0.39, 0.29) is 4.75 Å². The fraction of sp³-hybridized carbons (Fsp3) is 0.889. The highest BCUT2D eigenvalue weighted by molar-refractivity contribution is 8.00. The van der Waals surface area contributed by atoms with Crippen LogP contribution in [0.1, 0.15) is 33.1 Å². The Morgan fingerprint density at radius 3 is 2.73 bits per heavy atom. The SMILES string of the molecule is CS[C@@]1(C)CCC[C@@H](C)C1=O. The van der Waals surface area contributed by atoms with Crippen molar-refractivity contribution in [1.82, 2.24) is 0 Å². The molecule has 1 aliphatic rings. The molecule has 0 aromatic rings. The fourth-order valence-electron chi connectivity index (χ4n) is 1.72. The molecule has 64 valence electrons. The third-order valence-corrected chi connectivity index (χ3v) is 4.02. The molecule has 0 amide bonds. The van der Waals surface area contributed by atoms with Crippen LogP contribution in [0.3, 0.4) is 0 Å². The van der Waals surface area contributed by atoms with E-state index >= 15 is 0 Å². The van der Waals surface area contributed by atoms with E-state index in [1.165, 1.54) is 6.42 Å². The highest BCUT2D eigenvalue weighted by Gasteiger charge is 2.38. The second-order valence-electron chi connectivity index (χ2n) is 3.59. The second-order valence-corrected chi connectivity index (χ2v) is 4.90. The molecule has 0 aromatic carbocycles. The van der Waals surface area contributed by atoms with E-state index in [4.69, 9.17) is 0 Å². The zero-order valence-electron chi connectivity index (χ0n) is 7.52. The van der Waals surface area contributed by atoms with Crippen LogP contribution in [0.15, 0.2) is 0 Å². The van der Waals surface area contributed by atoms with Crippen molar-refractivity contribution in [3.05, 3.63) is 0 Å². The van der Waals surface area contributed by atoms with Crippen molar-refractivity contribution in [2.75, 3.05) is 6.26 Å². The van der Waals surface area contributed by atoms with Crippen molar-refractivity contribution in [3.63, 3.8) is 0 Å². The molecule has 1 nitrogen and oxygen atoms in total. The summed E-state index contributed by atoms with van der Waals surface area (Å²) in [6.07, 6.45) is 5.41. The van der Waals surface area contributed by atoms with Gasteiger partial charge >= 0.3 is 0 Å². The summed E-state index contributed by atoms with van der Waals surface area (Å²) in [5, 5.41) is 0. The minimum absolute atomic E-state index is 0.0718. The second kappa shape index (κ2) is 3.18. The summed E-state index contributed by atoms with van der Waals surface area (Å²) in [5.41, 5.74) is 0. The molecule has 0 heterocycles. The molecule has 1 aliphatic carbocycles. The topological polar surface area (TPSA) is 17.1 Å². The number of ketones is 1. The highest BCUT2D eigenvalue weighted by Crippen LogP contribution is 2.37. The Kier molecular flexibility index (Phi) is 2.63. The lowest BCUT2D eigenvalue weighted by Crippen LogP contribution is -2.39. The minimum Gasteiger partial charge on any atom is -0.298 e. The first-order valence-corrected chi connectivity index (χ1v) is 5.42. The van der Waals surface area contributed by atoms with Gasteiger partial charge in [0.2, 0.25) is 0 Å². The predicted octanol–water partition coefficient (Wildman–Crippen LogP) is 2.50. The van der Waals surface area contributed by atoms with E-state index < -0.39 is 0 Å². The molecule has 0 radical (unpaired) electrons. The van der Waals surface area contributed by atoms with Gasteiger partial charge in [0.1, 0.15) is 0 Å². The maximum Gasteiger partial charge on any atom is 0.151 e. The number of hydrogen-bond acceptors (Lipinski definition) is 2. The number of carbonyl (C=O) groups is 1. The lowest BCUT2D eigenvalue weighted by molar-refractivity contribution is -0.126. The largest absolute Gasteiger partial charge is 0.298 e. The standard InChI is InChI=1S/C9H16OS/c1-7-5-4-6-9(2,11-3)8(7)10/h7H,4-6H2,1-3H3/t7-,9+/m1/s1. The smallest absolute Gasteiger partial charge is 0.151 e. The number of Topliss-reactive ketones (excluding diaryl/α,β-unsaturated/α-hetero) is 1. The Morgan fingerprint density at radius 1 is 1.64 bits per heavy atom. The molecule has 1 saturated carbocycles. The summed E-state index contributed by atoms with van der Waals surface area (Å²) in [6, 6.07) is 0. The van der Waals surface area contributed by atoms with Crippen LogP contribution in [0, 0.1) is 5.92 Å². The summed E-state index contributed by atoms with van der Waals surface area (Å²) < 4.78 is -0.0718. The number of carbonyl (C=O) groups excluding carboxylic acids is 1. The van der Waals surface area contributed by atoms with Crippen molar-refractivity contribution in [1.29, 1.82) is 0 Å². The summed E-state index contributed by atoms with van der Waals surface area (Å²) in [4.78, 5) is 11.7. The van der Waals surface area contributed by atoms with Crippen molar-refractivity contribution in [2.24, 2.45) is 5.92 Å². The van der Waals surface area contributed by atoms with Crippen LogP contribution in [0.25, 0.3) is 0 Å². The Balaban J connectivity index is 2.72. The van der Waals surface area contributed by atoms with Crippen LogP contribution < -0.4 is 0 Å². The molecule has 0 aliphatic heterocycles. The average molecular weight is 172 g/mol. The summed E-state index contributed by atoms with van der Waals surface area (Å²) >= 11 is 1.71. The molecule has 11 heavy (non-hydrogen) atoms. The molecule has 1 fully saturated rings. The van der Waals surface area contributed by atoms with E-state index in [0.29, 0.717) is 11.7 Å². The van der Waals surface area contributed by atoms with E-state index in [1.54, 1.807) is 11.8 Å². The lowest BCUT2D eigenvalue weighted by atomic mass is 9.81. The van der Waals surface area contributed by atoms with Gasteiger partial charge in [0.25, 0.3) is 0 Å². The molecule has 0 bridgehead atoms. The first-order valence-electron chi connectivity index (χ1n) is 4.19. The molecule has 0 spiro atoms. The number of thioether (sulfide) groups is 1. The summed E-state index contributed by atoms with van der Waals surface area (Å²) in [6.45, 7) is 4.13. The van der Waals surface area contributed by atoms with Crippen LogP contribution >= 0.6 is 11.8 Å². The lowest BCUT2D eigenvalue weighted by Gasteiger charge is -2.33. The predicted molar refractivity (Wildman–Crippen MR) is 49.9 cm³/mol. The zero-order valence-corrected chi connectivity index (χ0v) is 8.33. The Hall–Kier alpha value is 0.0200. The molecular weight excluding hydrogens is 156 g/mol. The van der Waals surface area contributed by atoms with E-state index in [1.807, 2.05) is 6.26 Å². The van der Waals surface area contributed by atoms with Gasteiger partial charge in [-0.2, -0.15) is 11.8 Å². The molecule has 2 atom stereocenters.